The number of hydrogen-bond donors (Lipinski definition) is 1. The number of fused-ring (bicyclic) bond motifs is 1. The van der Waals surface area contributed by atoms with Crippen LogP contribution in [0.5, 0.6) is 0 Å². The monoisotopic (exact) mass is 436 g/mol. The summed E-state index contributed by atoms with van der Waals surface area (Å²) < 4.78 is 26.3. The van der Waals surface area contributed by atoms with Gasteiger partial charge in [-0.15, -0.1) is 0 Å². The summed E-state index contributed by atoms with van der Waals surface area (Å²) in [4.78, 5) is 23.3. The van der Waals surface area contributed by atoms with Crippen molar-refractivity contribution in [3.8, 4) is 0 Å². The van der Waals surface area contributed by atoms with E-state index in [4.69, 9.17) is 9.47 Å². The van der Waals surface area contributed by atoms with Gasteiger partial charge in [-0.25, -0.2) is 14.4 Å². The maximum atomic E-state index is 14.9. The van der Waals surface area contributed by atoms with Crippen molar-refractivity contribution in [1.82, 2.24) is 15.3 Å². The molecule has 2 fully saturated rings. The largest absolute Gasteiger partial charge is 0.369 e. The molecule has 166 valence electrons. The normalized spacial score (nSPS) is 17.8. The molecule has 0 bridgehead atoms. The van der Waals surface area contributed by atoms with Crippen LogP contribution in [0.1, 0.15) is 34.5 Å². The van der Waals surface area contributed by atoms with Crippen molar-refractivity contribution in [2.45, 2.75) is 32.1 Å². The summed E-state index contributed by atoms with van der Waals surface area (Å²) in [6, 6.07) is 10.6. The second-order valence-corrected chi connectivity index (χ2v) is 8.23. The number of amides is 1. The molecule has 0 unspecified atom stereocenters. The summed E-state index contributed by atoms with van der Waals surface area (Å²) >= 11 is 0. The number of carbonyl (C=O) groups excluding carboxylic acids is 1. The van der Waals surface area contributed by atoms with Gasteiger partial charge >= 0.3 is 0 Å². The summed E-state index contributed by atoms with van der Waals surface area (Å²) in [6.45, 7) is 4.61. The van der Waals surface area contributed by atoms with Crippen LogP contribution in [0.25, 0.3) is 11.0 Å². The molecule has 1 N–H and O–H groups in total. The quantitative estimate of drug-likeness (QED) is 0.676. The molecule has 5 rings (SSSR count). The Hall–Kier alpha value is -3.10. The van der Waals surface area contributed by atoms with Gasteiger partial charge in [0, 0.05) is 44.1 Å². The fourth-order valence-corrected chi connectivity index (χ4v) is 4.39. The molecule has 32 heavy (non-hydrogen) atoms. The molecular formula is C24H25FN4O3. The average molecular weight is 436 g/mol. The minimum absolute atomic E-state index is 0.228. The number of anilines is 1. The first kappa shape index (κ1) is 20.8. The first-order chi connectivity index (χ1) is 15.5. The summed E-state index contributed by atoms with van der Waals surface area (Å²) in [6.07, 6.45) is 3.11. The van der Waals surface area contributed by atoms with Gasteiger partial charge in [-0.05, 0) is 42.8 Å². The van der Waals surface area contributed by atoms with E-state index >= 15 is 0 Å². The van der Waals surface area contributed by atoms with Crippen LogP contribution in [0.2, 0.25) is 0 Å². The van der Waals surface area contributed by atoms with Crippen LogP contribution < -0.4 is 10.2 Å². The summed E-state index contributed by atoms with van der Waals surface area (Å²) in [5.41, 5.74) is 2.96. The maximum Gasteiger partial charge on any atom is 0.253 e. The van der Waals surface area contributed by atoms with E-state index in [0.717, 1.165) is 18.2 Å². The Kier molecular flexibility index (Phi) is 5.48. The van der Waals surface area contributed by atoms with E-state index in [1.807, 2.05) is 17.0 Å². The highest BCUT2D eigenvalue weighted by atomic mass is 19.1. The number of aromatic nitrogens is 2. The van der Waals surface area contributed by atoms with E-state index in [2.05, 4.69) is 15.3 Å². The summed E-state index contributed by atoms with van der Waals surface area (Å²) in [5.74, 6) is -1.03. The lowest BCUT2D eigenvalue weighted by atomic mass is 10.0. The van der Waals surface area contributed by atoms with Crippen molar-refractivity contribution in [2.24, 2.45) is 0 Å². The Bertz CT molecular complexity index is 1150. The van der Waals surface area contributed by atoms with Gasteiger partial charge in [-0.1, -0.05) is 6.07 Å². The number of rotatable bonds is 4. The molecule has 8 heteroatoms. The van der Waals surface area contributed by atoms with Crippen LogP contribution in [-0.2, 0) is 16.0 Å². The number of nitrogens with one attached hydrogen (secondary N) is 1. The molecule has 4 heterocycles. The SMILES string of the molecule is Cc1nc2ncccc2cc1C(=O)NCc1ccc(N2CCC3(CC2)OCCO3)c(F)c1. The van der Waals surface area contributed by atoms with E-state index in [9.17, 15) is 9.18 Å². The number of nitrogens with zero attached hydrogens (tertiary/aromatic N) is 3. The van der Waals surface area contributed by atoms with E-state index in [1.165, 1.54) is 6.07 Å². The highest BCUT2D eigenvalue weighted by molar-refractivity contribution is 5.98. The van der Waals surface area contributed by atoms with Gasteiger partial charge in [0.05, 0.1) is 30.2 Å². The van der Waals surface area contributed by atoms with Crippen molar-refractivity contribution in [2.75, 3.05) is 31.2 Å². The number of carbonyl (C=O) groups is 1. The summed E-state index contributed by atoms with van der Waals surface area (Å²) in [5, 5.41) is 3.67. The molecule has 1 spiro atoms. The van der Waals surface area contributed by atoms with E-state index in [0.29, 0.717) is 54.5 Å². The third kappa shape index (κ3) is 4.03. The number of aryl methyl sites for hydroxylation is 1. The zero-order chi connectivity index (χ0) is 22.1. The van der Waals surface area contributed by atoms with Gasteiger partial charge in [-0.3, -0.25) is 4.79 Å². The zero-order valence-corrected chi connectivity index (χ0v) is 17.9. The molecule has 0 atom stereocenters. The van der Waals surface area contributed by atoms with Crippen LogP contribution in [0.15, 0.2) is 42.6 Å². The molecule has 1 aromatic carbocycles. The Morgan fingerprint density at radius 1 is 1.19 bits per heavy atom. The molecular weight excluding hydrogens is 411 g/mol. The molecule has 3 aromatic rings. The van der Waals surface area contributed by atoms with Crippen LogP contribution in [0, 0.1) is 12.7 Å². The molecule has 2 aliphatic heterocycles. The number of hydrogen-bond acceptors (Lipinski definition) is 6. The van der Waals surface area contributed by atoms with Crippen molar-refractivity contribution < 1.29 is 18.7 Å². The third-order valence-electron chi connectivity index (χ3n) is 6.17. The van der Waals surface area contributed by atoms with Gasteiger partial charge in [0.1, 0.15) is 5.82 Å². The van der Waals surface area contributed by atoms with Crippen molar-refractivity contribution >= 4 is 22.6 Å². The van der Waals surface area contributed by atoms with Crippen LogP contribution in [0.3, 0.4) is 0 Å². The molecule has 2 saturated heterocycles. The van der Waals surface area contributed by atoms with Crippen molar-refractivity contribution in [3.63, 3.8) is 0 Å². The Balaban J connectivity index is 1.23. The second kappa shape index (κ2) is 8.44. The molecule has 0 radical (unpaired) electrons. The smallest absolute Gasteiger partial charge is 0.253 e. The fraction of sp³-hybridized carbons (Fsp3) is 0.375. The van der Waals surface area contributed by atoms with Crippen LogP contribution in [-0.4, -0.2) is 48.0 Å². The second-order valence-electron chi connectivity index (χ2n) is 8.23. The van der Waals surface area contributed by atoms with Gasteiger partial charge in [0.15, 0.2) is 11.4 Å². The Labute approximate surface area is 185 Å². The number of pyridine rings is 2. The highest BCUT2D eigenvalue weighted by Crippen LogP contribution is 2.34. The van der Waals surface area contributed by atoms with Gasteiger partial charge < -0.3 is 19.7 Å². The predicted octanol–water partition coefficient (Wildman–Crippen LogP) is 3.35. The molecule has 0 aliphatic carbocycles. The lowest BCUT2D eigenvalue weighted by molar-refractivity contribution is -0.169. The minimum Gasteiger partial charge on any atom is -0.369 e. The van der Waals surface area contributed by atoms with E-state index in [1.54, 1.807) is 31.3 Å². The first-order valence-corrected chi connectivity index (χ1v) is 10.8. The molecule has 0 saturated carbocycles. The molecule has 1 amide bonds. The topological polar surface area (TPSA) is 76.6 Å². The summed E-state index contributed by atoms with van der Waals surface area (Å²) in [7, 11) is 0. The minimum atomic E-state index is -0.483. The van der Waals surface area contributed by atoms with Crippen molar-refractivity contribution in [1.29, 1.82) is 0 Å². The third-order valence-corrected chi connectivity index (χ3v) is 6.17. The van der Waals surface area contributed by atoms with Gasteiger partial charge in [0.2, 0.25) is 0 Å². The lowest BCUT2D eigenvalue weighted by Crippen LogP contribution is -2.45. The highest BCUT2D eigenvalue weighted by Gasteiger charge is 2.40. The molecule has 7 nitrogen and oxygen atoms in total. The van der Waals surface area contributed by atoms with E-state index < -0.39 is 5.79 Å². The lowest BCUT2D eigenvalue weighted by Gasteiger charge is -2.38. The Morgan fingerprint density at radius 2 is 1.97 bits per heavy atom. The van der Waals surface area contributed by atoms with Gasteiger partial charge in [-0.2, -0.15) is 0 Å². The molecule has 2 aromatic heterocycles. The van der Waals surface area contributed by atoms with Crippen molar-refractivity contribution in [3.05, 3.63) is 65.2 Å². The zero-order valence-electron chi connectivity index (χ0n) is 17.9. The number of ether oxygens (including phenoxy) is 2. The Morgan fingerprint density at radius 3 is 2.72 bits per heavy atom. The number of piperidine rings is 1. The maximum absolute atomic E-state index is 14.9. The standard InChI is InChI=1S/C24H25FN4O3/c1-16-19(14-18-3-2-8-26-22(18)28-16)23(30)27-15-17-4-5-21(20(25)13-17)29-9-6-24(7-10-29)31-11-12-32-24/h2-5,8,13-14H,6-7,9-12,15H2,1H3,(H,27,30). The predicted molar refractivity (Wildman–Crippen MR) is 118 cm³/mol. The van der Waals surface area contributed by atoms with Crippen LogP contribution >= 0.6 is 0 Å². The number of halogens is 1. The van der Waals surface area contributed by atoms with Gasteiger partial charge in [0.25, 0.3) is 5.91 Å². The average Bonchev–Trinajstić information content (AvgIpc) is 3.26. The molecule has 2 aliphatic rings. The van der Waals surface area contributed by atoms with E-state index in [-0.39, 0.29) is 18.3 Å². The number of benzene rings is 1. The van der Waals surface area contributed by atoms with Crippen LogP contribution in [0.4, 0.5) is 10.1 Å². The fourth-order valence-electron chi connectivity index (χ4n) is 4.39. The first-order valence-electron chi connectivity index (χ1n) is 10.8.